The maximum absolute atomic E-state index is 11.8. The minimum Gasteiger partial charge on any atom is -0.324 e. The summed E-state index contributed by atoms with van der Waals surface area (Å²) < 4.78 is 1.60. The molecule has 0 fully saturated rings. The van der Waals surface area contributed by atoms with Crippen LogP contribution in [-0.2, 0) is 16.8 Å². The van der Waals surface area contributed by atoms with Gasteiger partial charge < -0.3 is 5.32 Å². The van der Waals surface area contributed by atoms with Gasteiger partial charge in [0.25, 0.3) is 0 Å². The monoisotopic (exact) mass is 257 g/mol. The van der Waals surface area contributed by atoms with E-state index in [1.807, 2.05) is 24.3 Å². The van der Waals surface area contributed by atoms with Crippen molar-refractivity contribution < 1.29 is 4.79 Å². The maximum atomic E-state index is 11.8. The first-order valence-electron chi connectivity index (χ1n) is 6.33. The first-order chi connectivity index (χ1) is 8.95. The highest BCUT2D eigenvalue weighted by molar-refractivity contribution is 5.90. The van der Waals surface area contributed by atoms with E-state index in [1.165, 1.54) is 5.56 Å². The van der Waals surface area contributed by atoms with Gasteiger partial charge in [-0.25, -0.2) is 0 Å². The molecule has 2 aromatic rings. The van der Waals surface area contributed by atoms with Gasteiger partial charge in [-0.2, -0.15) is 5.10 Å². The molecular formula is C15H19N3O. The van der Waals surface area contributed by atoms with Crippen LogP contribution in [0.3, 0.4) is 0 Å². The second kappa shape index (κ2) is 5.26. The average Bonchev–Trinajstić information content (AvgIpc) is 2.81. The van der Waals surface area contributed by atoms with E-state index in [4.69, 9.17) is 0 Å². The highest BCUT2D eigenvalue weighted by Gasteiger charge is 2.13. The molecule has 4 nitrogen and oxygen atoms in total. The molecule has 1 amide bonds. The summed E-state index contributed by atoms with van der Waals surface area (Å²) in [5.41, 5.74) is 2.18. The Labute approximate surface area is 113 Å². The zero-order valence-corrected chi connectivity index (χ0v) is 11.6. The summed E-state index contributed by atoms with van der Waals surface area (Å²) in [4.78, 5) is 11.8. The summed E-state index contributed by atoms with van der Waals surface area (Å²) in [7, 11) is 0. The van der Waals surface area contributed by atoms with Gasteiger partial charge in [0.1, 0.15) is 6.54 Å². The van der Waals surface area contributed by atoms with Gasteiger partial charge in [-0.05, 0) is 29.2 Å². The van der Waals surface area contributed by atoms with Crippen LogP contribution in [0.5, 0.6) is 0 Å². The summed E-state index contributed by atoms with van der Waals surface area (Å²) in [6.45, 7) is 6.73. The minimum absolute atomic E-state index is 0.0767. The van der Waals surface area contributed by atoms with Gasteiger partial charge in [0.15, 0.2) is 0 Å². The van der Waals surface area contributed by atoms with Gasteiger partial charge in [0.2, 0.25) is 5.91 Å². The quantitative estimate of drug-likeness (QED) is 0.919. The van der Waals surface area contributed by atoms with Crippen molar-refractivity contribution in [2.45, 2.75) is 32.7 Å². The van der Waals surface area contributed by atoms with Gasteiger partial charge >= 0.3 is 0 Å². The molecule has 0 unspecified atom stereocenters. The Bertz CT molecular complexity index is 536. The molecule has 1 N–H and O–H groups in total. The standard InChI is InChI=1S/C15H19N3O/c1-15(2,3)12-5-7-13(8-6-12)17-14(19)11-18-10-4-9-16-18/h4-10H,11H2,1-3H3,(H,17,19). The summed E-state index contributed by atoms with van der Waals surface area (Å²) in [5, 5.41) is 6.86. The van der Waals surface area contributed by atoms with E-state index in [2.05, 4.69) is 31.2 Å². The fourth-order valence-electron chi connectivity index (χ4n) is 1.80. The van der Waals surface area contributed by atoms with Gasteiger partial charge in [0, 0.05) is 18.1 Å². The van der Waals surface area contributed by atoms with Crippen molar-refractivity contribution in [3.05, 3.63) is 48.3 Å². The minimum atomic E-state index is -0.0767. The lowest BCUT2D eigenvalue weighted by molar-refractivity contribution is -0.116. The van der Waals surface area contributed by atoms with E-state index in [1.54, 1.807) is 23.1 Å². The van der Waals surface area contributed by atoms with Crippen molar-refractivity contribution in [1.29, 1.82) is 0 Å². The molecule has 0 spiro atoms. The van der Waals surface area contributed by atoms with Crippen LogP contribution in [0.4, 0.5) is 5.69 Å². The van der Waals surface area contributed by atoms with Crippen LogP contribution in [0.25, 0.3) is 0 Å². The smallest absolute Gasteiger partial charge is 0.246 e. The molecule has 1 heterocycles. The van der Waals surface area contributed by atoms with Gasteiger partial charge in [0.05, 0.1) is 0 Å². The van der Waals surface area contributed by atoms with E-state index in [9.17, 15) is 4.79 Å². The average molecular weight is 257 g/mol. The first kappa shape index (κ1) is 13.3. The van der Waals surface area contributed by atoms with Crippen molar-refractivity contribution in [1.82, 2.24) is 9.78 Å². The van der Waals surface area contributed by atoms with E-state index in [-0.39, 0.29) is 17.9 Å². The molecule has 1 aromatic carbocycles. The van der Waals surface area contributed by atoms with Crippen molar-refractivity contribution >= 4 is 11.6 Å². The molecule has 0 atom stereocenters. The normalized spacial score (nSPS) is 11.3. The van der Waals surface area contributed by atoms with E-state index >= 15 is 0 Å². The van der Waals surface area contributed by atoms with E-state index in [0.29, 0.717) is 0 Å². The number of carbonyl (C=O) groups excluding carboxylic acids is 1. The first-order valence-corrected chi connectivity index (χ1v) is 6.33. The number of aromatic nitrogens is 2. The zero-order chi connectivity index (χ0) is 13.9. The molecule has 0 saturated carbocycles. The molecule has 1 aromatic heterocycles. The van der Waals surface area contributed by atoms with Crippen molar-refractivity contribution in [2.75, 3.05) is 5.32 Å². The SMILES string of the molecule is CC(C)(C)c1ccc(NC(=O)Cn2cccn2)cc1. The molecule has 0 aliphatic heterocycles. The number of amides is 1. The number of hydrogen-bond donors (Lipinski definition) is 1. The van der Waals surface area contributed by atoms with Crippen LogP contribution in [0, 0.1) is 0 Å². The molecular weight excluding hydrogens is 238 g/mol. The summed E-state index contributed by atoms with van der Waals surface area (Å²) in [6, 6.07) is 9.75. The summed E-state index contributed by atoms with van der Waals surface area (Å²) in [6.07, 6.45) is 3.42. The third kappa shape index (κ3) is 3.68. The van der Waals surface area contributed by atoms with E-state index in [0.717, 1.165) is 5.69 Å². The van der Waals surface area contributed by atoms with Crippen LogP contribution in [0.2, 0.25) is 0 Å². The third-order valence-corrected chi connectivity index (χ3v) is 2.90. The summed E-state index contributed by atoms with van der Waals surface area (Å²) >= 11 is 0. The van der Waals surface area contributed by atoms with Crippen molar-refractivity contribution in [3.8, 4) is 0 Å². The number of nitrogens with one attached hydrogen (secondary N) is 1. The fraction of sp³-hybridized carbons (Fsp3) is 0.333. The Morgan fingerprint density at radius 3 is 2.47 bits per heavy atom. The molecule has 100 valence electrons. The van der Waals surface area contributed by atoms with Crippen LogP contribution >= 0.6 is 0 Å². The second-order valence-corrected chi connectivity index (χ2v) is 5.58. The third-order valence-electron chi connectivity index (χ3n) is 2.90. The lowest BCUT2D eigenvalue weighted by atomic mass is 9.87. The van der Waals surface area contributed by atoms with Crippen molar-refractivity contribution in [2.24, 2.45) is 0 Å². The molecule has 0 saturated heterocycles. The Morgan fingerprint density at radius 1 is 1.26 bits per heavy atom. The number of hydrogen-bond acceptors (Lipinski definition) is 2. The highest BCUT2D eigenvalue weighted by Crippen LogP contribution is 2.23. The Kier molecular flexibility index (Phi) is 3.69. The second-order valence-electron chi connectivity index (χ2n) is 5.58. The predicted octanol–water partition coefficient (Wildman–Crippen LogP) is 2.82. The summed E-state index contributed by atoms with van der Waals surface area (Å²) in [5.74, 6) is -0.0767. The number of carbonyl (C=O) groups is 1. The van der Waals surface area contributed by atoms with Crippen molar-refractivity contribution in [3.63, 3.8) is 0 Å². The molecule has 0 bridgehead atoms. The van der Waals surface area contributed by atoms with Crippen LogP contribution in [-0.4, -0.2) is 15.7 Å². The Morgan fingerprint density at radius 2 is 1.95 bits per heavy atom. The molecule has 19 heavy (non-hydrogen) atoms. The molecule has 2 rings (SSSR count). The van der Waals surface area contributed by atoms with Crippen LogP contribution in [0.15, 0.2) is 42.7 Å². The number of rotatable bonds is 3. The fourth-order valence-corrected chi connectivity index (χ4v) is 1.80. The highest BCUT2D eigenvalue weighted by atomic mass is 16.2. The predicted molar refractivity (Wildman–Crippen MR) is 76.0 cm³/mol. The number of nitrogens with zero attached hydrogens (tertiary/aromatic N) is 2. The van der Waals surface area contributed by atoms with Gasteiger partial charge in [-0.3, -0.25) is 9.48 Å². The Balaban J connectivity index is 1.98. The molecule has 0 aliphatic rings. The molecule has 0 aliphatic carbocycles. The lowest BCUT2D eigenvalue weighted by Crippen LogP contribution is -2.19. The van der Waals surface area contributed by atoms with E-state index < -0.39 is 0 Å². The number of benzene rings is 1. The maximum Gasteiger partial charge on any atom is 0.246 e. The van der Waals surface area contributed by atoms with Gasteiger partial charge in [-0.15, -0.1) is 0 Å². The molecule has 4 heteroatoms. The molecule has 0 radical (unpaired) electrons. The van der Waals surface area contributed by atoms with Crippen LogP contribution in [0.1, 0.15) is 26.3 Å². The van der Waals surface area contributed by atoms with Gasteiger partial charge in [-0.1, -0.05) is 32.9 Å². The number of anilines is 1. The Hall–Kier alpha value is -2.10. The topological polar surface area (TPSA) is 46.9 Å². The van der Waals surface area contributed by atoms with Crippen LogP contribution < -0.4 is 5.32 Å². The zero-order valence-electron chi connectivity index (χ0n) is 11.6. The lowest BCUT2D eigenvalue weighted by Gasteiger charge is -2.19. The largest absolute Gasteiger partial charge is 0.324 e.